The lowest BCUT2D eigenvalue weighted by atomic mass is 10.0. The molecule has 0 aliphatic carbocycles. The van der Waals surface area contributed by atoms with Gasteiger partial charge in [-0.3, -0.25) is 5.41 Å². The molecule has 1 aromatic carbocycles. The summed E-state index contributed by atoms with van der Waals surface area (Å²) >= 11 is 6.13. The predicted octanol–water partition coefficient (Wildman–Crippen LogP) is 2.72. The van der Waals surface area contributed by atoms with Crippen LogP contribution >= 0.6 is 11.6 Å². The van der Waals surface area contributed by atoms with Gasteiger partial charge < -0.3 is 10.6 Å². The van der Waals surface area contributed by atoms with Gasteiger partial charge in [0.1, 0.15) is 5.84 Å². The third-order valence-electron chi connectivity index (χ3n) is 3.59. The van der Waals surface area contributed by atoms with Crippen LogP contribution in [-0.2, 0) is 0 Å². The fourth-order valence-corrected chi connectivity index (χ4v) is 2.64. The quantitative estimate of drug-likeness (QED) is 0.627. The average molecular weight is 252 g/mol. The second kappa shape index (κ2) is 4.57. The molecule has 2 unspecified atom stereocenters. The van der Waals surface area contributed by atoms with Crippen LogP contribution in [0.15, 0.2) is 18.2 Å². The minimum absolute atomic E-state index is 0.0396. The number of amidine groups is 1. The molecule has 17 heavy (non-hydrogen) atoms. The summed E-state index contributed by atoms with van der Waals surface area (Å²) < 4.78 is 0. The second-order valence-corrected chi connectivity index (χ2v) is 5.31. The highest BCUT2D eigenvalue weighted by Gasteiger charge is 2.28. The first-order chi connectivity index (χ1) is 8.00. The molecular weight excluding hydrogens is 234 g/mol. The lowest BCUT2D eigenvalue weighted by molar-refractivity contribution is 0.494. The third kappa shape index (κ3) is 2.25. The molecule has 0 radical (unpaired) electrons. The Morgan fingerprint density at radius 1 is 1.35 bits per heavy atom. The number of nitrogens with zero attached hydrogens (tertiary/aromatic N) is 1. The summed E-state index contributed by atoms with van der Waals surface area (Å²) in [7, 11) is 0. The summed E-state index contributed by atoms with van der Waals surface area (Å²) in [5, 5.41) is 8.21. The van der Waals surface area contributed by atoms with E-state index in [4.69, 9.17) is 22.7 Å². The van der Waals surface area contributed by atoms with Crippen LogP contribution < -0.4 is 10.6 Å². The first-order valence-corrected chi connectivity index (χ1v) is 6.26. The third-order valence-corrected chi connectivity index (χ3v) is 3.90. The van der Waals surface area contributed by atoms with E-state index in [1.807, 2.05) is 12.1 Å². The maximum absolute atomic E-state index is 7.65. The predicted molar refractivity (Wildman–Crippen MR) is 73.0 cm³/mol. The van der Waals surface area contributed by atoms with Crippen molar-refractivity contribution in [3.63, 3.8) is 0 Å². The molecule has 1 aromatic rings. The van der Waals surface area contributed by atoms with Crippen molar-refractivity contribution in [2.45, 2.75) is 13.8 Å². The lowest BCUT2D eigenvalue weighted by Crippen LogP contribution is -2.24. The molecule has 0 bridgehead atoms. The number of nitrogens with two attached hydrogens (primary N) is 1. The largest absolute Gasteiger partial charge is 0.384 e. The monoisotopic (exact) mass is 251 g/mol. The number of halogens is 1. The zero-order chi connectivity index (χ0) is 12.6. The Morgan fingerprint density at radius 2 is 1.94 bits per heavy atom. The summed E-state index contributed by atoms with van der Waals surface area (Å²) in [4.78, 5) is 2.28. The highest BCUT2D eigenvalue weighted by molar-refractivity contribution is 6.34. The highest BCUT2D eigenvalue weighted by Crippen LogP contribution is 2.32. The fraction of sp³-hybridized carbons (Fsp3) is 0.462. The van der Waals surface area contributed by atoms with Crippen LogP contribution in [0.3, 0.4) is 0 Å². The van der Waals surface area contributed by atoms with Gasteiger partial charge in [-0.15, -0.1) is 0 Å². The molecule has 1 saturated heterocycles. The highest BCUT2D eigenvalue weighted by atomic mass is 35.5. The summed E-state index contributed by atoms with van der Waals surface area (Å²) in [6.45, 7) is 6.51. The molecular formula is C13H18ClN3. The van der Waals surface area contributed by atoms with Crippen LogP contribution in [-0.4, -0.2) is 18.9 Å². The SMILES string of the molecule is CC1CN(c2cccc(Cl)c2C(=N)N)CC1C. The summed E-state index contributed by atoms with van der Waals surface area (Å²) in [6.07, 6.45) is 0. The molecule has 0 saturated carbocycles. The number of nitrogens with one attached hydrogen (secondary N) is 1. The molecule has 1 aliphatic rings. The summed E-state index contributed by atoms with van der Waals surface area (Å²) in [5.41, 5.74) is 7.27. The van der Waals surface area contributed by atoms with Gasteiger partial charge in [0.05, 0.1) is 10.6 Å². The normalized spacial score (nSPS) is 24.1. The van der Waals surface area contributed by atoms with E-state index in [0.29, 0.717) is 22.4 Å². The number of anilines is 1. The van der Waals surface area contributed by atoms with E-state index in [1.54, 1.807) is 6.07 Å². The molecule has 4 heteroatoms. The van der Waals surface area contributed by atoms with Crippen LogP contribution in [0.25, 0.3) is 0 Å². The Labute approximate surface area is 107 Å². The van der Waals surface area contributed by atoms with Crippen molar-refractivity contribution in [1.29, 1.82) is 5.41 Å². The van der Waals surface area contributed by atoms with E-state index in [9.17, 15) is 0 Å². The average Bonchev–Trinajstić information content (AvgIpc) is 2.58. The van der Waals surface area contributed by atoms with Crippen LogP contribution in [0.1, 0.15) is 19.4 Å². The zero-order valence-electron chi connectivity index (χ0n) is 10.2. The molecule has 0 spiro atoms. The molecule has 2 atom stereocenters. The molecule has 1 fully saturated rings. The number of hydrogen-bond donors (Lipinski definition) is 2. The maximum atomic E-state index is 7.65. The Balaban J connectivity index is 2.39. The van der Waals surface area contributed by atoms with Gasteiger partial charge in [-0.1, -0.05) is 31.5 Å². The van der Waals surface area contributed by atoms with Gasteiger partial charge in [0.2, 0.25) is 0 Å². The second-order valence-electron chi connectivity index (χ2n) is 4.91. The van der Waals surface area contributed by atoms with Crippen molar-refractivity contribution in [1.82, 2.24) is 0 Å². The first kappa shape index (κ1) is 12.2. The Bertz CT molecular complexity index is 434. The van der Waals surface area contributed by atoms with Gasteiger partial charge in [-0.05, 0) is 24.0 Å². The Morgan fingerprint density at radius 3 is 2.47 bits per heavy atom. The van der Waals surface area contributed by atoms with E-state index < -0.39 is 0 Å². The number of rotatable bonds is 2. The van der Waals surface area contributed by atoms with Crippen molar-refractivity contribution >= 4 is 23.1 Å². The van der Waals surface area contributed by atoms with Crippen molar-refractivity contribution < 1.29 is 0 Å². The maximum Gasteiger partial charge on any atom is 0.126 e. The van der Waals surface area contributed by atoms with Crippen LogP contribution in [0.4, 0.5) is 5.69 Å². The molecule has 0 aromatic heterocycles. The van der Waals surface area contributed by atoms with Crippen molar-refractivity contribution in [2.24, 2.45) is 17.6 Å². The Kier molecular flexibility index (Phi) is 3.29. The van der Waals surface area contributed by atoms with Crippen LogP contribution in [0, 0.1) is 17.2 Å². The molecule has 3 nitrogen and oxygen atoms in total. The first-order valence-electron chi connectivity index (χ1n) is 5.88. The van der Waals surface area contributed by atoms with Crippen LogP contribution in [0.5, 0.6) is 0 Å². The lowest BCUT2D eigenvalue weighted by Gasteiger charge is -2.22. The molecule has 3 N–H and O–H groups in total. The van der Waals surface area contributed by atoms with Gasteiger partial charge in [-0.25, -0.2) is 0 Å². The number of benzene rings is 1. The fourth-order valence-electron chi connectivity index (χ4n) is 2.37. The van der Waals surface area contributed by atoms with Crippen LogP contribution in [0.2, 0.25) is 5.02 Å². The van der Waals surface area contributed by atoms with Gasteiger partial charge in [0, 0.05) is 18.8 Å². The van der Waals surface area contributed by atoms with E-state index in [0.717, 1.165) is 18.8 Å². The summed E-state index contributed by atoms with van der Waals surface area (Å²) in [5.74, 6) is 1.36. The van der Waals surface area contributed by atoms with E-state index in [-0.39, 0.29) is 5.84 Å². The van der Waals surface area contributed by atoms with Crippen molar-refractivity contribution in [3.05, 3.63) is 28.8 Å². The van der Waals surface area contributed by atoms with Gasteiger partial charge in [0.25, 0.3) is 0 Å². The topological polar surface area (TPSA) is 53.1 Å². The van der Waals surface area contributed by atoms with E-state index in [1.165, 1.54) is 0 Å². The van der Waals surface area contributed by atoms with Gasteiger partial charge in [-0.2, -0.15) is 0 Å². The molecule has 92 valence electrons. The Hall–Kier alpha value is -1.22. The minimum atomic E-state index is 0.0396. The zero-order valence-corrected chi connectivity index (χ0v) is 11.0. The molecule has 1 heterocycles. The van der Waals surface area contributed by atoms with E-state index >= 15 is 0 Å². The van der Waals surface area contributed by atoms with E-state index in [2.05, 4.69) is 18.7 Å². The standard InChI is InChI=1S/C13H18ClN3/c1-8-6-17(7-9(8)2)11-5-3-4-10(14)12(11)13(15)16/h3-5,8-9H,6-7H2,1-2H3,(H3,15,16). The minimum Gasteiger partial charge on any atom is -0.384 e. The summed E-state index contributed by atoms with van der Waals surface area (Å²) in [6, 6.07) is 5.69. The van der Waals surface area contributed by atoms with Gasteiger partial charge in [0.15, 0.2) is 0 Å². The van der Waals surface area contributed by atoms with Crippen molar-refractivity contribution in [2.75, 3.05) is 18.0 Å². The molecule has 1 aliphatic heterocycles. The van der Waals surface area contributed by atoms with Gasteiger partial charge >= 0.3 is 0 Å². The number of nitrogen functional groups attached to an aromatic ring is 1. The molecule has 0 amide bonds. The molecule has 2 rings (SSSR count). The van der Waals surface area contributed by atoms with Crippen molar-refractivity contribution in [3.8, 4) is 0 Å². The smallest absolute Gasteiger partial charge is 0.126 e. The number of hydrogen-bond acceptors (Lipinski definition) is 2.